The Morgan fingerprint density at radius 1 is 1.27 bits per heavy atom. The first kappa shape index (κ1) is 20.6. The van der Waals surface area contributed by atoms with Gasteiger partial charge in [-0.3, -0.25) is 9.52 Å². The van der Waals surface area contributed by atoms with Crippen LogP contribution in [0.1, 0.15) is 67.1 Å². The van der Waals surface area contributed by atoms with Crippen molar-refractivity contribution in [1.82, 2.24) is 4.72 Å². The maximum atomic E-state index is 14.4. The van der Waals surface area contributed by atoms with Crippen LogP contribution in [0.25, 0.3) is 11.0 Å². The van der Waals surface area contributed by atoms with Crippen LogP contribution in [0.15, 0.2) is 45.7 Å². The molecule has 0 spiro atoms. The van der Waals surface area contributed by atoms with Gasteiger partial charge >= 0.3 is 0 Å². The smallest absolute Gasteiger partial charge is 0.298 e. The number of carbonyl (C=O) groups is 1. The fraction of sp³-hybridized carbons (Fsp3) is 0.348. The average molecular weight is 430 g/mol. The molecule has 0 saturated heterocycles. The molecule has 158 valence electrons. The maximum Gasteiger partial charge on any atom is 0.298 e. The molecule has 1 saturated carbocycles. The molecule has 4 rings (SSSR count). The van der Waals surface area contributed by atoms with Crippen LogP contribution in [-0.4, -0.2) is 16.7 Å². The van der Waals surface area contributed by atoms with Crippen LogP contribution in [0.2, 0.25) is 0 Å². The van der Waals surface area contributed by atoms with Crippen LogP contribution in [-0.2, 0) is 11.0 Å². The molecule has 1 unspecified atom stereocenters. The minimum absolute atomic E-state index is 0.0804. The van der Waals surface area contributed by atoms with Crippen molar-refractivity contribution in [2.24, 2.45) is 0 Å². The standard InChI is InChI=1S/C23H24FNO4S/c1-4-28-19-8-7-15(13(2)3)11-22(19)30(27)25-23(26)21-12-17-18(24)9-16(14-5-6-14)10-20(17)29-21/h7-14H,4-6H2,1-3H3,(H,25,26). The van der Waals surface area contributed by atoms with E-state index < -0.39 is 22.7 Å². The van der Waals surface area contributed by atoms with Gasteiger partial charge in [-0.1, -0.05) is 19.9 Å². The van der Waals surface area contributed by atoms with Crippen LogP contribution >= 0.6 is 0 Å². The molecule has 0 bridgehead atoms. The number of hydrogen-bond donors (Lipinski definition) is 1. The minimum atomic E-state index is -1.86. The first-order valence-electron chi connectivity index (χ1n) is 10.1. The van der Waals surface area contributed by atoms with Gasteiger partial charge in [0, 0.05) is 6.07 Å². The number of hydrogen-bond acceptors (Lipinski definition) is 4. The lowest BCUT2D eigenvalue weighted by atomic mass is 10.0. The number of nitrogens with one attached hydrogen (secondary N) is 1. The summed E-state index contributed by atoms with van der Waals surface area (Å²) in [5.41, 5.74) is 2.19. The third kappa shape index (κ3) is 4.12. The Labute approximate surface area is 177 Å². The topological polar surface area (TPSA) is 68.5 Å². The molecule has 0 radical (unpaired) electrons. The van der Waals surface area contributed by atoms with E-state index >= 15 is 0 Å². The molecular formula is C23H24FNO4S. The predicted molar refractivity (Wildman–Crippen MR) is 114 cm³/mol. The van der Waals surface area contributed by atoms with Gasteiger partial charge in [0.1, 0.15) is 22.0 Å². The molecule has 1 atom stereocenters. The summed E-state index contributed by atoms with van der Waals surface area (Å²) in [6, 6.07) is 10.1. The van der Waals surface area contributed by atoms with Gasteiger partial charge in [-0.25, -0.2) is 8.60 Å². The van der Waals surface area contributed by atoms with Crippen LogP contribution < -0.4 is 9.46 Å². The highest BCUT2D eigenvalue weighted by Crippen LogP contribution is 2.41. The molecule has 3 aromatic rings. The highest BCUT2D eigenvalue weighted by atomic mass is 32.2. The van der Waals surface area contributed by atoms with Gasteiger partial charge in [0.05, 0.1) is 12.0 Å². The molecule has 5 nitrogen and oxygen atoms in total. The number of benzene rings is 2. The Bertz CT molecular complexity index is 1130. The average Bonchev–Trinajstić information content (AvgIpc) is 3.47. The van der Waals surface area contributed by atoms with E-state index in [1.54, 1.807) is 18.2 Å². The number of furan rings is 1. The Morgan fingerprint density at radius 3 is 2.70 bits per heavy atom. The predicted octanol–water partition coefficient (Wildman–Crippen LogP) is 5.42. The molecule has 2 aromatic carbocycles. The second-order valence-corrected chi connectivity index (χ2v) is 8.97. The van der Waals surface area contributed by atoms with Gasteiger partial charge in [0.15, 0.2) is 16.7 Å². The molecule has 1 heterocycles. The Kier molecular flexibility index (Phi) is 5.64. The zero-order valence-corrected chi connectivity index (χ0v) is 18.0. The SMILES string of the molecule is CCOc1ccc(C(C)C)cc1S(=O)NC(=O)c1cc2c(F)cc(C3CC3)cc2o1. The van der Waals surface area contributed by atoms with E-state index in [9.17, 15) is 13.4 Å². The van der Waals surface area contributed by atoms with E-state index in [0.29, 0.717) is 28.8 Å². The summed E-state index contributed by atoms with van der Waals surface area (Å²) in [7, 11) is -1.86. The van der Waals surface area contributed by atoms with E-state index in [-0.39, 0.29) is 17.1 Å². The lowest BCUT2D eigenvalue weighted by Gasteiger charge is -2.13. The normalized spacial score (nSPS) is 14.8. The number of ether oxygens (including phenoxy) is 1. The lowest BCUT2D eigenvalue weighted by molar-refractivity contribution is 0.0958. The van der Waals surface area contributed by atoms with Gasteiger partial charge in [-0.15, -0.1) is 0 Å². The van der Waals surface area contributed by atoms with Crippen LogP contribution in [0, 0.1) is 5.82 Å². The Balaban J connectivity index is 1.60. The number of carbonyl (C=O) groups excluding carboxylic acids is 1. The highest BCUT2D eigenvalue weighted by Gasteiger charge is 2.26. The number of amides is 1. The van der Waals surface area contributed by atoms with E-state index in [2.05, 4.69) is 4.72 Å². The fourth-order valence-electron chi connectivity index (χ4n) is 3.37. The van der Waals surface area contributed by atoms with Crippen molar-refractivity contribution < 1.29 is 22.5 Å². The third-order valence-corrected chi connectivity index (χ3v) is 6.29. The molecule has 1 aromatic heterocycles. The van der Waals surface area contributed by atoms with Crippen molar-refractivity contribution in [3.05, 3.63) is 59.1 Å². The summed E-state index contributed by atoms with van der Waals surface area (Å²) < 4.78 is 40.9. The zero-order chi connectivity index (χ0) is 21.4. The van der Waals surface area contributed by atoms with Crippen LogP contribution in [0.4, 0.5) is 4.39 Å². The van der Waals surface area contributed by atoms with Crippen molar-refractivity contribution in [2.75, 3.05) is 6.61 Å². The second kappa shape index (κ2) is 8.22. The first-order chi connectivity index (χ1) is 14.4. The zero-order valence-electron chi connectivity index (χ0n) is 17.2. The van der Waals surface area contributed by atoms with Gasteiger partial charge in [0.2, 0.25) is 0 Å². The molecule has 1 amide bonds. The van der Waals surface area contributed by atoms with E-state index in [4.69, 9.17) is 9.15 Å². The number of fused-ring (bicyclic) bond motifs is 1. The molecule has 1 aliphatic carbocycles. The van der Waals surface area contributed by atoms with E-state index in [0.717, 1.165) is 24.0 Å². The van der Waals surface area contributed by atoms with Crippen LogP contribution in [0.3, 0.4) is 0 Å². The molecule has 1 aliphatic rings. The Hall–Kier alpha value is -2.67. The Morgan fingerprint density at radius 2 is 2.03 bits per heavy atom. The summed E-state index contributed by atoms with van der Waals surface area (Å²) in [6.07, 6.45) is 2.07. The summed E-state index contributed by atoms with van der Waals surface area (Å²) in [5, 5.41) is 0.243. The monoisotopic (exact) mass is 429 g/mol. The van der Waals surface area contributed by atoms with E-state index in [1.807, 2.05) is 26.8 Å². The van der Waals surface area contributed by atoms with Crippen molar-refractivity contribution in [3.63, 3.8) is 0 Å². The summed E-state index contributed by atoms with van der Waals surface area (Å²) in [4.78, 5) is 13.1. The van der Waals surface area contributed by atoms with E-state index in [1.165, 1.54) is 12.1 Å². The highest BCUT2D eigenvalue weighted by molar-refractivity contribution is 7.83. The minimum Gasteiger partial charge on any atom is -0.493 e. The summed E-state index contributed by atoms with van der Waals surface area (Å²) >= 11 is 0. The van der Waals surface area contributed by atoms with Crippen molar-refractivity contribution in [2.45, 2.75) is 50.3 Å². The molecule has 30 heavy (non-hydrogen) atoms. The molecular weight excluding hydrogens is 405 g/mol. The molecule has 0 aliphatic heterocycles. The number of halogens is 1. The second-order valence-electron chi connectivity index (χ2n) is 7.79. The van der Waals surface area contributed by atoms with Gasteiger partial charge in [-0.2, -0.15) is 0 Å². The molecule has 1 fully saturated rings. The number of rotatable bonds is 7. The van der Waals surface area contributed by atoms with Crippen molar-refractivity contribution in [3.8, 4) is 5.75 Å². The quantitative estimate of drug-likeness (QED) is 0.544. The van der Waals surface area contributed by atoms with Crippen molar-refractivity contribution >= 4 is 27.9 Å². The van der Waals surface area contributed by atoms with Gasteiger partial charge in [0.25, 0.3) is 5.91 Å². The molecule has 7 heteroatoms. The summed E-state index contributed by atoms with van der Waals surface area (Å²) in [6.45, 7) is 6.30. The largest absolute Gasteiger partial charge is 0.493 e. The van der Waals surface area contributed by atoms with Crippen LogP contribution in [0.5, 0.6) is 5.75 Å². The van der Waals surface area contributed by atoms with Gasteiger partial charge < -0.3 is 9.15 Å². The first-order valence-corrected chi connectivity index (χ1v) is 11.2. The molecule has 1 N–H and O–H groups in total. The lowest BCUT2D eigenvalue weighted by Crippen LogP contribution is -2.25. The van der Waals surface area contributed by atoms with Gasteiger partial charge in [-0.05, 0) is 67.0 Å². The van der Waals surface area contributed by atoms with Crippen molar-refractivity contribution in [1.29, 1.82) is 0 Å². The fourth-order valence-corrected chi connectivity index (χ4v) is 4.30. The third-order valence-electron chi connectivity index (χ3n) is 5.20. The maximum absolute atomic E-state index is 14.4. The summed E-state index contributed by atoms with van der Waals surface area (Å²) in [5.74, 6) is -0.125.